The van der Waals surface area contributed by atoms with Crippen molar-refractivity contribution >= 4 is 5.91 Å². The Morgan fingerprint density at radius 2 is 2.33 bits per heavy atom. The Bertz CT molecular complexity index is 663. The molecule has 0 saturated carbocycles. The van der Waals surface area contributed by atoms with Crippen LogP contribution in [-0.2, 0) is 12.8 Å². The van der Waals surface area contributed by atoms with E-state index in [4.69, 9.17) is 9.15 Å². The summed E-state index contributed by atoms with van der Waals surface area (Å²) in [5, 5.41) is 3.01. The molecule has 5 nitrogen and oxygen atoms in total. The van der Waals surface area contributed by atoms with Crippen molar-refractivity contribution in [2.24, 2.45) is 0 Å². The topological polar surface area (TPSA) is 64.4 Å². The van der Waals surface area contributed by atoms with Gasteiger partial charge in [0.1, 0.15) is 5.75 Å². The summed E-state index contributed by atoms with van der Waals surface area (Å²) in [4.78, 5) is 16.0. The maximum atomic E-state index is 12.1. The Morgan fingerprint density at radius 1 is 1.48 bits per heavy atom. The second-order valence-corrected chi connectivity index (χ2v) is 5.25. The number of fused-ring (bicyclic) bond motifs is 1. The molecule has 3 rings (SSSR count). The molecule has 0 spiro atoms. The smallest absolute Gasteiger partial charge is 0.288 e. The van der Waals surface area contributed by atoms with Crippen molar-refractivity contribution in [3.05, 3.63) is 47.2 Å². The van der Waals surface area contributed by atoms with Gasteiger partial charge in [-0.25, -0.2) is 4.98 Å². The lowest BCUT2D eigenvalue weighted by Gasteiger charge is -2.26. The van der Waals surface area contributed by atoms with Crippen molar-refractivity contribution in [2.75, 3.05) is 7.11 Å². The number of carbonyl (C=O) groups is 1. The Morgan fingerprint density at radius 3 is 3.05 bits per heavy atom. The number of nitrogens with zero attached hydrogens (tertiary/aromatic N) is 1. The minimum absolute atomic E-state index is 0.113. The summed E-state index contributed by atoms with van der Waals surface area (Å²) in [7, 11) is 1.69. The number of nitrogens with one attached hydrogen (secondary N) is 1. The van der Waals surface area contributed by atoms with E-state index in [2.05, 4.69) is 16.4 Å². The van der Waals surface area contributed by atoms with Gasteiger partial charge in [-0.1, -0.05) is 12.1 Å². The van der Waals surface area contributed by atoms with Gasteiger partial charge in [0.15, 0.2) is 5.89 Å². The molecule has 1 N–H and O–H groups in total. The molecule has 1 aromatic heterocycles. The molecular formula is C16H18N2O3. The van der Waals surface area contributed by atoms with Crippen LogP contribution >= 0.6 is 0 Å². The number of aromatic nitrogens is 1. The molecular weight excluding hydrogens is 268 g/mol. The van der Waals surface area contributed by atoms with Crippen LogP contribution in [0.1, 0.15) is 34.0 Å². The lowest BCUT2D eigenvalue weighted by atomic mass is 9.87. The highest BCUT2D eigenvalue weighted by Gasteiger charge is 2.23. The predicted octanol–water partition coefficient (Wildman–Crippen LogP) is 2.28. The average Bonchev–Trinajstić information content (AvgIpc) is 2.93. The highest BCUT2D eigenvalue weighted by atomic mass is 16.5. The zero-order valence-electron chi connectivity index (χ0n) is 12.2. The van der Waals surface area contributed by atoms with E-state index in [1.165, 1.54) is 17.3 Å². The summed E-state index contributed by atoms with van der Waals surface area (Å²) in [5.74, 6) is 1.50. The molecule has 0 fully saturated rings. The SMILES string of the molecule is COc1cccc2c1CCC(NC(=O)c1cnc(C)o1)C2. The largest absolute Gasteiger partial charge is 0.496 e. The number of amides is 1. The Kier molecular flexibility index (Phi) is 3.64. The van der Waals surface area contributed by atoms with Crippen LogP contribution in [0.15, 0.2) is 28.8 Å². The van der Waals surface area contributed by atoms with Crippen LogP contribution in [0.2, 0.25) is 0 Å². The molecule has 0 saturated heterocycles. The van der Waals surface area contributed by atoms with Gasteiger partial charge in [-0.15, -0.1) is 0 Å². The minimum atomic E-state index is -0.202. The van der Waals surface area contributed by atoms with Crippen molar-refractivity contribution < 1.29 is 13.9 Å². The zero-order chi connectivity index (χ0) is 14.8. The van der Waals surface area contributed by atoms with Gasteiger partial charge in [0.25, 0.3) is 5.91 Å². The maximum absolute atomic E-state index is 12.1. The van der Waals surface area contributed by atoms with E-state index in [0.29, 0.717) is 5.89 Å². The molecule has 1 heterocycles. The van der Waals surface area contributed by atoms with Crippen molar-refractivity contribution in [1.82, 2.24) is 10.3 Å². The second-order valence-electron chi connectivity index (χ2n) is 5.25. The molecule has 1 unspecified atom stereocenters. The molecule has 5 heteroatoms. The van der Waals surface area contributed by atoms with Gasteiger partial charge in [0.2, 0.25) is 5.76 Å². The molecule has 1 aliphatic carbocycles. The molecule has 0 aliphatic heterocycles. The number of benzene rings is 1. The first-order chi connectivity index (χ1) is 10.2. The van der Waals surface area contributed by atoms with Crippen LogP contribution in [0.3, 0.4) is 0 Å². The molecule has 0 bridgehead atoms. The third-order valence-electron chi connectivity index (χ3n) is 3.84. The normalized spacial score (nSPS) is 17.1. The van der Waals surface area contributed by atoms with E-state index >= 15 is 0 Å². The predicted molar refractivity (Wildman–Crippen MR) is 77.5 cm³/mol. The molecule has 21 heavy (non-hydrogen) atoms. The first kappa shape index (κ1) is 13.7. The molecule has 2 aromatic rings. The first-order valence-corrected chi connectivity index (χ1v) is 7.05. The summed E-state index contributed by atoms with van der Waals surface area (Å²) in [6.45, 7) is 1.72. The van der Waals surface area contributed by atoms with Crippen LogP contribution in [0.4, 0.5) is 0 Å². The Labute approximate surface area is 123 Å². The van der Waals surface area contributed by atoms with E-state index < -0.39 is 0 Å². The van der Waals surface area contributed by atoms with Gasteiger partial charge in [-0.2, -0.15) is 0 Å². The molecule has 0 radical (unpaired) electrons. The summed E-state index contributed by atoms with van der Waals surface area (Å²) < 4.78 is 10.6. The number of carbonyl (C=O) groups excluding carboxylic acids is 1. The zero-order valence-corrected chi connectivity index (χ0v) is 12.2. The lowest BCUT2D eigenvalue weighted by Crippen LogP contribution is -2.38. The Hall–Kier alpha value is -2.30. The van der Waals surface area contributed by atoms with E-state index in [9.17, 15) is 4.79 Å². The van der Waals surface area contributed by atoms with E-state index in [0.717, 1.165) is 25.0 Å². The van der Waals surface area contributed by atoms with Crippen molar-refractivity contribution in [1.29, 1.82) is 0 Å². The number of rotatable bonds is 3. The second kappa shape index (κ2) is 5.60. The molecule has 1 aromatic carbocycles. The van der Waals surface area contributed by atoms with Gasteiger partial charge in [0.05, 0.1) is 13.3 Å². The summed E-state index contributed by atoms with van der Waals surface area (Å²) in [5.41, 5.74) is 2.49. The van der Waals surface area contributed by atoms with Crippen LogP contribution < -0.4 is 10.1 Å². The van der Waals surface area contributed by atoms with Crippen molar-refractivity contribution in [3.63, 3.8) is 0 Å². The van der Waals surface area contributed by atoms with E-state index in [1.807, 2.05) is 12.1 Å². The minimum Gasteiger partial charge on any atom is -0.496 e. The van der Waals surface area contributed by atoms with Crippen LogP contribution in [0.25, 0.3) is 0 Å². The number of methoxy groups -OCH3 is 1. The monoisotopic (exact) mass is 286 g/mol. The van der Waals surface area contributed by atoms with Crippen LogP contribution in [0, 0.1) is 6.92 Å². The molecule has 1 atom stereocenters. The number of hydrogen-bond donors (Lipinski definition) is 1. The number of aryl methyl sites for hydroxylation is 1. The highest BCUT2D eigenvalue weighted by Crippen LogP contribution is 2.29. The number of ether oxygens (including phenoxy) is 1. The van der Waals surface area contributed by atoms with Gasteiger partial charge in [-0.3, -0.25) is 4.79 Å². The summed E-state index contributed by atoms with van der Waals surface area (Å²) >= 11 is 0. The van der Waals surface area contributed by atoms with Gasteiger partial charge < -0.3 is 14.5 Å². The first-order valence-electron chi connectivity index (χ1n) is 7.05. The quantitative estimate of drug-likeness (QED) is 0.940. The standard InChI is InChI=1S/C16H18N2O3/c1-10-17-9-15(21-10)16(19)18-12-6-7-13-11(8-12)4-3-5-14(13)20-2/h3-5,9,12H,6-8H2,1-2H3,(H,18,19). The number of oxazole rings is 1. The van der Waals surface area contributed by atoms with Crippen molar-refractivity contribution in [2.45, 2.75) is 32.2 Å². The molecule has 1 aliphatic rings. The highest BCUT2D eigenvalue weighted by molar-refractivity contribution is 5.91. The maximum Gasteiger partial charge on any atom is 0.288 e. The number of hydrogen-bond acceptors (Lipinski definition) is 4. The third kappa shape index (κ3) is 2.77. The third-order valence-corrected chi connectivity index (χ3v) is 3.84. The fourth-order valence-electron chi connectivity index (χ4n) is 2.81. The summed E-state index contributed by atoms with van der Waals surface area (Å²) in [6, 6.07) is 6.17. The Balaban J connectivity index is 1.70. The molecule has 110 valence electrons. The van der Waals surface area contributed by atoms with Gasteiger partial charge >= 0.3 is 0 Å². The van der Waals surface area contributed by atoms with Crippen LogP contribution in [-0.4, -0.2) is 24.0 Å². The lowest BCUT2D eigenvalue weighted by molar-refractivity contribution is 0.0904. The van der Waals surface area contributed by atoms with Crippen molar-refractivity contribution in [3.8, 4) is 5.75 Å². The fraction of sp³-hybridized carbons (Fsp3) is 0.375. The average molecular weight is 286 g/mol. The van der Waals surface area contributed by atoms with Gasteiger partial charge in [0, 0.05) is 13.0 Å². The summed E-state index contributed by atoms with van der Waals surface area (Å²) in [6.07, 6.45) is 4.07. The van der Waals surface area contributed by atoms with E-state index in [1.54, 1.807) is 14.0 Å². The fourth-order valence-corrected chi connectivity index (χ4v) is 2.81. The van der Waals surface area contributed by atoms with Crippen LogP contribution in [0.5, 0.6) is 5.75 Å². The molecule has 1 amide bonds. The van der Waals surface area contributed by atoms with Gasteiger partial charge in [-0.05, 0) is 36.5 Å². The van der Waals surface area contributed by atoms with E-state index in [-0.39, 0.29) is 17.7 Å².